The number of nitrogens with one attached hydrogen (secondary N) is 6. The molecule has 0 bridgehead atoms. The molecule has 5 amide bonds. The van der Waals surface area contributed by atoms with Crippen molar-refractivity contribution in [3.05, 3.63) is 0 Å². The number of carbonyl (C=O) groups is 13. The van der Waals surface area contributed by atoms with Gasteiger partial charge in [-0.05, 0) is 19.8 Å². The van der Waals surface area contributed by atoms with Crippen LogP contribution in [-0.2, 0) is 66.9 Å². The van der Waals surface area contributed by atoms with Crippen molar-refractivity contribution in [2.45, 2.75) is 62.9 Å². The third-order valence-electron chi connectivity index (χ3n) is 11.4. The molecule has 0 aromatic heterocycles. The van der Waals surface area contributed by atoms with Crippen LogP contribution >= 0.6 is 7.60 Å². The van der Waals surface area contributed by atoms with E-state index in [4.69, 9.17) is 11.5 Å². The Kier molecular flexibility index (Phi) is 35.9. The standard InChI is InChI=1S/C43H75N13O24P/c1-27(55(12-8-51(18-34(60)61)19-35(62)63)13-9-52(20-36(64)65)21-37(66)67)2-3-30(57)47-16-28(45)42(76)46-7-6-32(59)50-29(43(77)49-26-44)17-48-31(58)4-5-33(81(78,79)80)56(14-10-53(22-38(68)69)23-39(70)71)15-11-54(24-40(72)73)25-41(74)75/h27-29,33,45H,2-26,44H2,1H3,(H,46,76)(H,47,57)(H,48,58)(H,49,77)(H,50,59)(H,60,61)(H,62,63)(H,64,65)(H,66,67)(H,68,69)(H,70,71)(H,72,73)(H,74,75)(H2,78,79,80). The summed E-state index contributed by atoms with van der Waals surface area (Å²) >= 11 is 0. The highest BCUT2D eigenvalue weighted by atomic mass is 31.2. The summed E-state index contributed by atoms with van der Waals surface area (Å²) in [5, 5.41) is 85.6. The van der Waals surface area contributed by atoms with Crippen LogP contribution < -0.4 is 38.1 Å². The van der Waals surface area contributed by atoms with Gasteiger partial charge in [0.15, 0.2) is 0 Å². The number of amides is 5. The second-order valence-electron chi connectivity index (χ2n) is 18.1. The van der Waals surface area contributed by atoms with Gasteiger partial charge in [-0.15, -0.1) is 0 Å². The maximum absolute atomic E-state index is 13.1. The second-order valence-corrected chi connectivity index (χ2v) is 19.9. The molecule has 0 heterocycles. The summed E-state index contributed by atoms with van der Waals surface area (Å²) in [7, 11) is -5.27. The van der Waals surface area contributed by atoms with Crippen LogP contribution in [0, 0.1) is 0 Å². The number of carbonyl (C=O) groups excluding carboxylic acids is 5. The van der Waals surface area contributed by atoms with Crippen molar-refractivity contribution >= 4 is 84.9 Å². The first-order chi connectivity index (χ1) is 37.7. The van der Waals surface area contributed by atoms with Crippen LogP contribution in [-0.4, -0.2) is 312 Å². The number of hydrogen-bond acceptors (Lipinski definition) is 21. The molecule has 0 saturated heterocycles. The number of rotatable bonds is 48. The van der Waals surface area contributed by atoms with E-state index in [1.165, 1.54) is 0 Å². The molecule has 0 aromatic carbocycles. The zero-order chi connectivity index (χ0) is 62.0. The molecule has 0 spiro atoms. The lowest BCUT2D eigenvalue weighted by molar-refractivity contribution is -0.144. The average molecular weight is 1190 g/mol. The minimum Gasteiger partial charge on any atom is -0.480 e. The van der Waals surface area contributed by atoms with Gasteiger partial charge in [0.2, 0.25) is 29.5 Å². The van der Waals surface area contributed by atoms with E-state index in [1.54, 1.807) is 11.8 Å². The SMILES string of the molecule is CC(CCC(=O)NCC([NH])C(=O)NCCC(=O)NC(CNC(=O)CCC(N(CCN(CC(=O)O)CC(=O)O)CCN(CC(=O)O)CC(=O)O)P(=O)(O)O)C(=O)NCN)N(CCN(CC(=O)O)CC(=O)O)CCN(CC(=O)O)CC(=O)O. The molecular weight excluding hydrogens is 1110 g/mol. The average Bonchev–Trinajstić information content (AvgIpc) is 3.32. The Bertz CT molecular complexity index is 2050. The minimum atomic E-state index is -5.27. The zero-order valence-electron chi connectivity index (χ0n) is 44.4. The van der Waals surface area contributed by atoms with Crippen LogP contribution in [0.3, 0.4) is 0 Å². The van der Waals surface area contributed by atoms with E-state index in [1.807, 2.05) is 0 Å². The zero-order valence-corrected chi connectivity index (χ0v) is 45.3. The molecule has 18 N–H and O–H groups in total. The molecule has 0 fully saturated rings. The van der Waals surface area contributed by atoms with Gasteiger partial charge in [0.05, 0.1) is 59.0 Å². The van der Waals surface area contributed by atoms with Gasteiger partial charge in [0.25, 0.3) is 0 Å². The van der Waals surface area contributed by atoms with Gasteiger partial charge in [-0.2, -0.15) is 0 Å². The van der Waals surface area contributed by atoms with Gasteiger partial charge in [-0.3, -0.25) is 96.3 Å². The van der Waals surface area contributed by atoms with Crippen molar-refractivity contribution in [2.24, 2.45) is 5.73 Å². The second kappa shape index (κ2) is 39.4. The molecule has 0 aromatic rings. The van der Waals surface area contributed by atoms with Crippen LogP contribution in [0.25, 0.3) is 0 Å². The molecule has 81 heavy (non-hydrogen) atoms. The molecule has 37 nitrogen and oxygen atoms in total. The Balaban J connectivity index is 5.71. The predicted molar refractivity (Wildman–Crippen MR) is 273 cm³/mol. The molecule has 4 unspecified atom stereocenters. The Labute approximate surface area is 463 Å². The molecule has 461 valence electrons. The molecule has 0 saturated carbocycles. The quantitative estimate of drug-likeness (QED) is 0.0199. The molecule has 4 atom stereocenters. The van der Waals surface area contributed by atoms with Crippen LogP contribution in [0.4, 0.5) is 0 Å². The van der Waals surface area contributed by atoms with E-state index >= 15 is 0 Å². The normalized spacial score (nSPS) is 13.1. The van der Waals surface area contributed by atoms with Crippen molar-refractivity contribution in [1.29, 1.82) is 0 Å². The van der Waals surface area contributed by atoms with Crippen molar-refractivity contribution in [3.8, 4) is 0 Å². The van der Waals surface area contributed by atoms with Crippen LogP contribution in [0.15, 0.2) is 0 Å². The Morgan fingerprint density at radius 1 is 0.457 bits per heavy atom. The number of hydrogen-bond donors (Lipinski definition) is 16. The van der Waals surface area contributed by atoms with E-state index < -0.39 is 233 Å². The fourth-order valence-electron chi connectivity index (χ4n) is 7.60. The van der Waals surface area contributed by atoms with Crippen LogP contribution in [0.5, 0.6) is 0 Å². The molecule has 0 aliphatic carbocycles. The van der Waals surface area contributed by atoms with E-state index in [9.17, 15) is 118 Å². The summed E-state index contributed by atoms with van der Waals surface area (Å²) < 4.78 is 12.9. The van der Waals surface area contributed by atoms with E-state index in [-0.39, 0.29) is 39.0 Å². The number of nitrogens with two attached hydrogens (primary N) is 1. The van der Waals surface area contributed by atoms with Gasteiger partial charge < -0.3 is 83.0 Å². The third kappa shape index (κ3) is 36.8. The van der Waals surface area contributed by atoms with E-state index in [2.05, 4.69) is 26.6 Å². The Morgan fingerprint density at radius 3 is 1.15 bits per heavy atom. The fourth-order valence-corrected chi connectivity index (χ4v) is 8.72. The first-order valence-electron chi connectivity index (χ1n) is 24.7. The molecule has 0 rings (SSSR count). The van der Waals surface area contributed by atoms with Crippen LogP contribution in [0.1, 0.15) is 39.0 Å². The van der Waals surface area contributed by atoms with Gasteiger partial charge in [0.1, 0.15) is 17.9 Å². The molecule has 0 aliphatic rings. The highest BCUT2D eigenvalue weighted by molar-refractivity contribution is 7.52. The van der Waals surface area contributed by atoms with Gasteiger partial charge >= 0.3 is 55.4 Å². The lowest BCUT2D eigenvalue weighted by atomic mass is 10.1. The first-order valence-corrected chi connectivity index (χ1v) is 26.4. The summed E-state index contributed by atoms with van der Waals surface area (Å²) in [4.78, 5) is 183. The van der Waals surface area contributed by atoms with Crippen molar-refractivity contribution in [3.63, 3.8) is 0 Å². The third-order valence-corrected chi connectivity index (χ3v) is 12.8. The summed E-state index contributed by atoms with van der Waals surface area (Å²) in [6.45, 7) is -8.01. The maximum atomic E-state index is 13.1. The number of nitrogens with zero attached hydrogens (tertiary/aromatic N) is 6. The summed E-state index contributed by atoms with van der Waals surface area (Å²) in [5.74, 6) is -17.1. The Morgan fingerprint density at radius 2 is 0.802 bits per heavy atom. The summed E-state index contributed by atoms with van der Waals surface area (Å²) in [6, 6.07) is -3.64. The van der Waals surface area contributed by atoms with Gasteiger partial charge in [-0.25, -0.2) is 5.73 Å². The Hall–Kier alpha value is -7.06. The monoisotopic (exact) mass is 1190 g/mol. The van der Waals surface area contributed by atoms with Crippen LogP contribution in [0.2, 0.25) is 0 Å². The van der Waals surface area contributed by atoms with Gasteiger partial charge in [-0.1, -0.05) is 0 Å². The molecule has 1 radical (unpaired) electrons. The lowest BCUT2D eigenvalue weighted by Crippen LogP contribution is -2.54. The van der Waals surface area contributed by atoms with Crippen molar-refractivity contribution in [1.82, 2.24) is 61.7 Å². The highest BCUT2D eigenvalue weighted by Crippen LogP contribution is 2.45. The minimum absolute atomic E-state index is 0.0253. The molecular formula is C43H75N13O24P. The molecule has 38 heteroatoms. The predicted octanol–water partition coefficient (Wildman–Crippen LogP) is -8.16. The van der Waals surface area contributed by atoms with E-state index in [0.717, 1.165) is 24.5 Å². The fraction of sp³-hybridized carbons (Fsp3) is 0.698. The van der Waals surface area contributed by atoms with Crippen molar-refractivity contribution < 1.29 is 118 Å². The smallest absolute Gasteiger partial charge is 0.342 e. The lowest BCUT2D eigenvalue weighted by Gasteiger charge is -2.34. The number of carboxylic acids is 8. The van der Waals surface area contributed by atoms with Gasteiger partial charge in [0, 0.05) is 97.3 Å². The summed E-state index contributed by atoms with van der Waals surface area (Å²) in [6.07, 6.45) is -1.94. The highest BCUT2D eigenvalue weighted by Gasteiger charge is 2.36. The topological polar surface area (TPSA) is 571 Å². The summed E-state index contributed by atoms with van der Waals surface area (Å²) in [5.41, 5.74) is 13.6. The van der Waals surface area contributed by atoms with E-state index in [0.29, 0.717) is 0 Å². The number of carboxylic acid groups (broad SMARTS) is 8. The number of aliphatic carboxylic acids is 8. The van der Waals surface area contributed by atoms with Crippen molar-refractivity contribution in [2.75, 3.05) is 131 Å². The maximum Gasteiger partial charge on any atom is 0.342 e. The largest absolute Gasteiger partial charge is 0.480 e. The first kappa shape index (κ1) is 73.9. The molecule has 0 aliphatic heterocycles.